The molecule has 2 aliphatic carbocycles. The van der Waals surface area contributed by atoms with Gasteiger partial charge >= 0.3 is 0 Å². The summed E-state index contributed by atoms with van der Waals surface area (Å²) in [6, 6.07) is 0.799. The van der Waals surface area contributed by atoms with E-state index in [2.05, 4.69) is 22.5 Å². The molecule has 0 aliphatic heterocycles. The van der Waals surface area contributed by atoms with Gasteiger partial charge in [-0.1, -0.05) is 6.92 Å². The molecule has 0 atom stereocenters. The number of aromatic nitrogens is 1. The van der Waals surface area contributed by atoms with Crippen LogP contribution in [0.1, 0.15) is 44.7 Å². The Balaban J connectivity index is 1.58. The summed E-state index contributed by atoms with van der Waals surface area (Å²) in [5.41, 5.74) is 1.21. The minimum atomic E-state index is 0.799. The quantitative estimate of drug-likeness (QED) is 0.732. The highest BCUT2D eigenvalue weighted by Gasteiger charge is 2.35. The molecule has 0 bridgehead atoms. The first-order chi connectivity index (χ1) is 8.86. The lowest BCUT2D eigenvalue weighted by atomic mass is 10.4. The first-order valence-corrected chi connectivity index (χ1v) is 8.16. The minimum absolute atomic E-state index is 0.799. The van der Waals surface area contributed by atoms with Crippen LogP contribution in [0.25, 0.3) is 0 Å². The zero-order valence-electron chi connectivity index (χ0n) is 11.2. The first-order valence-electron chi connectivity index (χ1n) is 7.28. The molecular weight excluding hydrogens is 242 g/mol. The van der Waals surface area contributed by atoms with Crippen LogP contribution in [0, 0.1) is 5.92 Å². The number of nitrogens with one attached hydrogen (secondary N) is 1. The molecule has 1 aromatic rings. The maximum absolute atomic E-state index is 4.81. The Morgan fingerprint density at radius 3 is 2.89 bits per heavy atom. The van der Waals surface area contributed by atoms with E-state index in [-0.39, 0.29) is 0 Å². The molecule has 0 radical (unpaired) electrons. The van der Waals surface area contributed by atoms with E-state index < -0.39 is 0 Å². The zero-order chi connectivity index (χ0) is 12.4. The Morgan fingerprint density at radius 2 is 2.22 bits per heavy atom. The van der Waals surface area contributed by atoms with E-state index in [1.807, 2.05) is 11.3 Å². The third-order valence-electron chi connectivity index (χ3n) is 3.66. The number of rotatable bonds is 8. The topological polar surface area (TPSA) is 28.2 Å². The maximum Gasteiger partial charge on any atom is 0.185 e. The molecule has 0 aromatic carbocycles. The van der Waals surface area contributed by atoms with Crippen LogP contribution in [0.2, 0.25) is 0 Å². The monoisotopic (exact) mass is 265 g/mol. The van der Waals surface area contributed by atoms with Crippen LogP contribution in [0.15, 0.2) is 5.38 Å². The van der Waals surface area contributed by atoms with Crippen molar-refractivity contribution in [1.82, 2.24) is 10.3 Å². The lowest BCUT2D eigenvalue weighted by Gasteiger charge is -2.21. The summed E-state index contributed by atoms with van der Waals surface area (Å²) in [4.78, 5) is 7.38. The van der Waals surface area contributed by atoms with Crippen LogP contribution in [0.5, 0.6) is 0 Å². The average molecular weight is 265 g/mol. The van der Waals surface area contributed by atoms with E-state index >= 15 is 0 Å². The number of hydrogen-bond donors (Lipinski definition) is 1. The van der Waals surface area contributed by atoms with E-state index in [1.54, 1.807) is 0 Å². The first kappa shape index (κ1) is 12.4. The van der Waals surface area contributed by atoms with Crippen molar-refractivity contribution in [2.24, 2.45) is 5.92 Å². The number of anilines is 1. The molecule has 2 fully saturated rings. The Morgan fingerprint density at radius 1 is 1.39 bits per heavy atom. The van der Waals surface area contributed by atoms with Crippen molar-refractivity contribution in [3.05, 3.63) is 11.1 Å². The number of nitrogens with zero attached hydrogens (tertiary/aromatic N) is 2. The fourth-order valence-electron chi connectivity index (χ4n) is 2.25. The summed E-state index contributed by atoms with van der Waals surface area (Å²) in [5, 5.41) is 6.91. The highest BCUT2D eigenvalue weighted by Crippen LogP contribution is 2.38. The van der Waals surface area contributed by atoms with Gasteiger partial charge in [-0.15, -0.1) is 11.3 Å². The summed E-state index contributed by atoms with van der Waals surface area (Å²) in [6.45, 7) is 5.46. The zero-order valence-corrected chi connectivity index (χ0v) is 12.0. The van der Waals surface area contributed by atoms with Crippen LogP contribution in [0.4, 0.5) is 5.13 Å². The van der Waals surface area contributed by atoms with Crippen LogP contribution in [-0.2, 0) is 6.54 Å². The molecule has 1 aromatic heterocycles. The van der Waals surface area contributed by atoms with Gasteiger partial charge in [0.25, 0.3) is 0 Å². The molecule has 0 unspecified atom stereocenters. The maximum atomic E-state index is 4.81. The fourth-order valence-corrected chi connectivity index (χ4v) is 3.16. The third kappa shape index (κ3) is 3.23. The summed E-state index contributed by atoms with van der Waals surface area (Å²) in [6.07, 6.45) is 6.79. The standard InChI is InChI=1S/C14H23N3S/c1-2-7-15-8-12-10-18-14(16-12)17(13-5-6-13)9-11-3-4-11/h10-11,13,15H,2-9H2,1H3. The van der Waals surface area contributed by atoms with Gasteiger partial charge in [0.15, 0.2) is 5.13 Å². The van der Waals surface area contributed by atoms with E-state index in [4.69, 9.17) is 4.98 Å². The second-order valence-electron chi connectivity index (χ2n) is 5.63. The Kier molecular flexibility index (Phi) is 3.85. The Labute approximate surface area is 114 Å². The van der Waals surface area contributed by atoms with E-state index in [1.165, 1.54) is 49.5 Å². The molecule has 0 amide bonds. The molecule has 0 saturated heterocycles. The molecule has 2 aliphatic rings. The average Bonchev–Trinajstić information content (AvgIpc) is 3.27. The number of thiazole rings is 1. The van der Waals surface area contributed by atoms with Gasteiger partial charge < -0.3 is 10.2 Å². The van der Waals surface area contributed by atoms with Crippen LogP contribution in [0.3, 0.4) is 0 Å². The predicted molar refractivity (Wildman–Crippen MR) is 77.2 cm³/mol. The fraction of sp³-hybridized carbons (Fsp3) is 0.786. The van der Waals surface area contributed by atoms with Crippen molar-refractivity contribution in [1.29, 1.82) is 0 Å². The summed E-state index contributed by atoms with van der Waals surface area (Å²) in [7, 11) is 0. The van der Waals surface area contributed by atoms with Crippen molar-refractivity contribution in [3.63, 3.8) is 0 Å². The molecule has 1 heterocycles. The molecule has 2 saturated carbocycles. The van der Waals surface area contributed by atoms with Gasteiger partial charge in [0, 0.05) is 24.5 Å². The Hall–Kier alpha value is -0.610. The lowest BCUT2D eigenvalue weighted by molar-refractivity contribution is 0.663. The summed E-state index contributed by atoms with van der Waals surface area (Å²) >= 11 is 1.83. The second-order valence-corrected chi connectivity index (χ2v) is 6.46. The minimum Gasteiger partial charge on any atom is -0.345 e. The van der Waals surface area contributed by atoms with Crippen molar-refractivity contribution >= 4 is 16.5 Å². The van der Waals surface area contributed by atoms with Gasteiger partial charge in [0.1, 0.15) is 0 Å². The van der Waals surface area contributed by atoms with Gasteiger partial charge in [0.2, 0.25) is 0 Å². The number of hydrogen-bond acceptors (Lipinski definition) is 4. The lowest BCUT2D eigenvalue weighted by Crippen LogP contribution is -2.28. The predicted octanol–water partition coefficient (Wildman–Crippen LogP) is 3.02. The molecule has 100 valence electrons. The SMILES string of the molecule is CCCNCc1csc(N(CC2CC2)C2CC2)n1. The Bertz CT molecular complexity index is 382. The molecule has 0 spiro atoms. The summed E-state index contributed by atoms with van der Waals surface area (Å²) < 4.78 is 0. The molecule has 18 heavy (non-hydrogen) atoms. The molecule has 1 N–H and O–H groups in total. The molecule has 4 heteroatoms. The van der Waals surface area contributed by atoms with E-state index in [0.29, 0.717) is 0 Å². The highest BCUT2D eigenvalue weighted by molar-refractivity contribution is 7.13. The molecule has 3 rings (SSSR count). The van der Waals surface area contributed by atoms with Crippen molar-refractivity contribution in [3.8, 4) is 0 Å². The largest absolute Gasteiger partial charge is 0.345 e. The third-order valence-corrected chi connectivity index (χ3v) is 4.58. The molecule has 3 nitrogen and oxygen atoms in total. The van der Waals surface area contributed by atoms with Crippen LogP contribution in [-0.4, -0.2) is 24.1 Å². The van der Waals surface area contributed by atoms with E-state index in [9.17, 15) is 0 Å². The van der Waals surface area contributed by atoms with Gasteiger partial charge in [0.05, 0.1) is 5.69 Å². The second kappa shape index (κ2) is 5.57. The summed E-state index contributed by atoms with van der Waals surface area (Å²) in [5.74, 6) is 0.955. The van der Waals surface area contributed by atoms with Crippen LogP contribution < -0.4 is 10.2 Å². The smallest absolute Gasteiger partial charge is 0.185 e. The highest BCUT2D eigenvalue weighted by atomic mass is 32.1. The normalized spacial score (nSPS) is 19.2. The van der Waals surface area contributed by atoms with Gasteiger partial charge in [-0.3, -0.25) is 0 Å². The van der Waals surface area contributed by atoms with Gasteiger partial charge in [-0.2, -0.15) is 0 Å². The van der Waals surface area contributed by atoms with Crippen LogP contribution >= 0.6 is 11.3 Å². The van der Waals surface area contributed by atoms with Crippen molar-refractivity contribution in [2.45, 2.75) is 51.6 Å². The molecular formula is C14H23N3S. The van der Waals surface area contributed by atoms with E-state index in [0.717, 1.165) is 25.0 Å². The van der Waals surface area contributed by atoms with Crippen molar-refractivity contribution < 1.29 is 0 Å². The van der Waals surface area contributed by atoms with Gasteiger partial charge in [-0.25, -0.2) is 4.98 Å². The van der Waals surface area contributed by atoms with Crippen molar-refractivity contribution in [2.75, 3.05) is 18.0 Å². The van der Waals surface area contributed by atoms with Gasteiger partial charge in [-0.05, 0) is 44.6 Å².